The van der Waals surface area contributed by atoms with Crippen molar-refractivity contribution in [2.24, 2.45) is 0 Å². The van der Waals surface area contributed by atoms with E-state index in [4.69, 9.17) is 14.3 Å². The van der Waals surface area contributed by atoms with E-state index in [0.717, 1.165) is 28.8 Å². The average Bonchev–Trinajstić information content (AvgIpc) is 3.49. The van der Waals surface area contributed by atoms with Crippen LogP contribution in [0.4, 0.5) is 5.69 Å². The third-order valence-electron chi connectivity index (χ3n) is 7.56. The van der Waals surface area contributed by atoms with Gasteiger partial charge < -0.3 is 14.8 Å². The molecule has 224 valence electrons. The fourth-order valence-corrected chi connectivity index (χ4v) is 9.14. The standard InChI is InChI=1S/C31H36N2O7S2/c34-28(33-40-30-13-4-6-17-39-30)20-31(16-5-7-18-42(31,36)37)27-15-14-26(41-27)24-11-8-12-25(19-24)32-29(35)22-38-21-23-9-2-1-3-10-23/h1-3,8-12,14-15,19,30H,4-7,13,16-18,20-22H2,(H,32,35)(H,33,34)/t30?,31-/m0/s1. The molecule has 1 unspecified atom stereocenters. The lowest BCUT2D eigenvalue weighted by atomic mass is 9.94. The molecule has 2 N–H and O–H groups in total. The van der Waals surface area contributed by atoms with Crippen LogP contribution in [0.2, 0.25) is 0 Å². The summed E-state index contributed by atoms with van der Waals surface area (Å²) >= 11 is 1.36. The predicted octanol–water partition coefficient (Wildman–Crippen LogP) is 5.33. The van der Waals surface area contributed by atoms with Gasteiger partial charge in [0.2, 0.25) is 11.8 Å². The Morgan fingerprint density at radius 3 is 2.62 bits per heavy atom. The Labute approximate surface area is 250 Å². The molecule has 2 amide bonds. The highest BCUT2D eigenvalue weighted by Crippen LogP contribution is 2.47. The number of hydroxylamine groups is 1. The summed E-state index contributed by atoms with van der Waals surface area (Å²) in [6.07, 6.45) is 3.49. The van der Waals surface area contributed by atoms with E-state index < -0.39 is 26.8 Å². The average molecular weight is 613 g/mol. The lowest BCUT2D eigenvalue weighted by Crippen LogP contribution is -2.45. The Morgan fingerprint density at radius 1 is 0.976 bits per heavy atom. The Bertz CT molecular complexity index is 1470. The lowest BCUT2D eigenvalue weighted by molar-refractivity contribution is -0.200. The molecule has 2 fully saturated rings. The van der Waals surface area contributed by atoms with Crippen LogP contribution in [-0.2, 0) is 45.1 Å². The number of thiophene rings is 1. The second-order valence-electron chi connectivity index (χ2n) is 10.7. The van der Waals surface area contributed by atoms with Gasteiger partial charge in [-0.3, -0.25) is 9.59 Å². The second kappa shape index (κ2) is 13.9. The van der Waals surface area contributed by atoms with Crippen LogP contribution in [0.3, 0.4) is 0 Å². The summed E-state index contributed by atoms with van der Waals surface area (Å²) in [5.41, 5.74) is 4.88. The van der Waals surface area contributed by atoms with Crippen molar-refractivity contribution in [3.8, 4) is 10.4 Å². The SMILES string of the molecule is O=C(C[C@]1(c2ccc(-c3cccc(NC(=O)COCc4ccccc4)c3)s2)CCCCS1(=O)=O)NOC1CCCCO1. The number of carbonyl (C=O) groups is 2. The first-order valence-corrected chi connectivity index (χ1v) is 16.7. The molecule has 11 heteroatoms. The number of rotatable bonds is 11. The molecule has 5 rings (SSSR count). The molecule has 0 aliphatic carbocycles. The zero-order chi connectivity index (χ0) is 29.4. The van der Waals surface area contributed by atoms with Gasteiger partial charge in [-0.25, -0.2) is 18.7 Å². The van der Waals surface area contributed by atoms with Gasteiger partial charge in [-0.05, 0) is 61.1 Å². The minimum atomic E-state index is -3.61. The van der Waals surface area contributed by atoms with Crippen LogP contribution >= 0.6 is 11.3 Å². The summed E-state index contributed by atoms with van der Waals surface area (Å²) in [4.78, 5) is 32.4. The number of carbonyl (C=O) groups excluding carboxylic acids is 2. The maximum atomic E-state index is 13.5. The maximum absolute atomic E-state index is 13.5. The first kappa shape index (κ1) is 30.4. The van der Waals surface area contributed by atoms with Crippen molar-refractivity contribution in [1.82, 2.24) is 5.48 Å². The van der Waals surface area contributed by atoms with Gasteiger partial charge in [0.15, 0.2) is 16.1 Å². The molecule has 2 aliphatic rings. The second-order valence-corrected chi connectivity index (χ2v) is 14.2. The molecule has 42 heavy (non-hydrogen) atoms. The Balaban J connectivity index is 1.26. The lowest BCUT2D eigenvalue weighted by Gasteiger charge is -2.35. The molecule has 0 bridgehead atoms. The van der Waals surface area contributed by atoms with E-state index in [2.05, 4.69) is 10.8 Å². The van der Waals surface area contributed by atoms with E-state index in [1.807, 2.05) is 60.7 Å². The fraction of sp³-hybridized carbons (Fsp3) is 0.419. The largest absolute Gasteiger partial charge is 0.367 e. The number of hydrogen-bond acceptors (Lipinski definition) is 8. The van der Waals surface area contributed by atoms with E-state index >= 15 is 0 Å². The molecule has 0 spiro atoms. The highest BCUT2D eigenvalue weighted by Gasteiger charge is 2.49. The van der Waals surface area contributed by atoms with Crippen LogP contribution in [0.5, 0.6) is 0 Å². The van der Waals surface area contributed by atoms with Gasteiger partial charge >= 0.3 is 0 Å². The normalized spacial score (nSPS) is 21.9. The van der Waals surface area contributed by atoms with Crippen LogP contribution < -0.4 is 10.8 Å². The molecular weight excluding hydrogens is 576 g/mol. The number of anilines is 1. The third-order valence-corrected chi connectivity index (χ3v) is 11.6. The van der Waals surface area contributed by atoms with Crippen molar-refractivity contribution >= 4 is 38.7 Å². The van der Waals surface area contributed by atoms with Crippen LogP contribution in [0, 0.1) is 0 Å². The first-order chi connectivity index (χ1) is 20.3. The highest BCUT2D eigenvalue weighted by molar-refractivity contribution is 7.92. The molecule has 2 saturated heterocycles. The van der Waals surface area contributed by atoms with Crippen molar-refractivity contribution in [3.63, 3.8) is 0 Å². The summed E-state index contributed by atoms with van der Waals surface area (Å²) in [6, 6.07) is 20.7. The van der Waals surface area contributed by atoms with Gasteiger partial charge in [0, 0.05) is 28.5 Å². The van der Waals surface area contributed by atoms with Crippen molar-refractivity contribution in [2.75, 3.05) is 24.3 Å². The van der Waals surface area contributed by atoms with Gasteiger partial charge in [0.1, 0.15) is 11.4 Å². The predicted molar refractivity (Wildman–Crippen MR) is 161 cm³/mol. The highest BCUT2D eigenvalue weighted by atomic mass is 32.2. The summed E-state index contributed by atoms with van der Waals surface area (Å²) in [7, 11) is -3.61. The van der Waals surface area contributed by atoms with Crippen molar-refractivity contribution in [2.45, 2.75) is 62.6 Å². The molecule has 3 heterocycles. The molecule has 2 aliphatic heterocycles. The number of benzene rings is 2. The topological polar surface area (TPSA) is 120 Å². The van der Waals surface area contributed by atoms with E-state index in [1.165, 1.54) is 11.3 Å². The van der Waals surface area contributed by atoms with E-state index in [9.17, 15) is 18.0 Å². The number of amides is 2. The van der Waals surface area contributed by atoms with Crippen LogP contribution in [0.15, 0.2) is 66.7 Å². The maximum Gasteiger partial charge on any atom is 0.250 e. The van der Waals surface area contributed by atoms with E-state index in [0.29, 0.717) is 49.5 Å². The van der Waals surface area contributed by atoms with Gasteiger partial charge in [0.25, 0.3) is 0 Å². The third kappa shape index (κ3) is 7.45. The summed E-state index contributed by atoms with van der Waals surface area (Å²) in [6.45, 7) is 0.834. The zero-order valence-electron chi connectivity index (χ0n) is 23.4. The van der Waals surface area contributed by atoms with Crippen molar-refractivity contribution < 1.29 is 32.3 Å². The van der Waals surface area contributed by atoms with E-state index in [1.54, 1.807) is 6.07 Å². The number of hydrogen-bond donors (Lipinski definition) is 2. The van der Waals surface area contributed by atoms with Gasteiger partial charge in [-0.15, -0.1) is 11.3 Å². The quantitative estimate of drug-likeness (QED) is 0.281. The molecular formula is C31H36N2O7S2. The summed E-state index contributed by atoms with van der Waals surface area (Å²) in [5, 5.41) is 2.86. The first-order valence-electron chi connectivity index (χ1n) is 14.3. The molecule has 9 nitrogen and oxygen atoms in total. The van der Waals surface area contributed by atoms with Crippen LogP contribution in [0.25, 0.3) is 10.4 Å². The number of nitrogens with one attached hydrogen (secondary N) is 2. The van der Waals surface area contributed by atoms with Gasteiger partial charge in [-0.1, -0.05) is 48.9 Å². The molecule has 2 atom stereocenters. The zero-order valence-corrected chi connectivity index (χ0v) is 25.0. The minimum Gasteiger partial charge on any atom is -0.367 e. The summed E-state index contributed by atoms with van der Waals surface area (Å²) in [5.74, 6) is -0.716. The Morgan fingerprint density at radius 2 is 1.83 bits per heavy atom. The van der Waals surface area contributed by atoms with Crippen LogP contribution in [-0.4, -0.2) is 45.5 Å². The minimum absolute atomic E-state index is 0.0357. The molecule has 2 aromatic carbocycles. The van der Waals surface area contributed by atoms with E-state index in [-0.39, 0.29) is 24.7 Å². The molecule has 1 aromatic heterocycles. The number of ether oxygens (including phenoxy) is 2. The van der Waals surface area contributed by atoms with Gasteiger partial charge in [0.05, 0.1) is 18.8 Å². The van der Waals surface area contributed by atoms with Gasteiger partial charge in [-0.2, -0.15) is 0 Å². The summed E-state index contributed by atoms with van der Waals surface area (Å²) < 4.78 is 36.8. The Hall–Kier alpha value is -3.09. The monoisotopic (exact) mass is 612 g/mol. The number of sulfone groups is 1. The van der Waals surface area contributed by atoms with Crippen molar-refractivity contribution in [3.05, 3.63) is 77.2 Å². The van der Waals surface area contributed by atoms with Crippen molar-refractivity contribution in [1.29, 1.82) is 0 Å². The molecule has 3 aromatic rings. The smallest absolute Gasteiger partial charge is 0.250 e. The molecule has 0 saturated carbocycles. The van der Waals surface area contributed by atoms with Crippen LogP contribution in [0.1, 0.15) is 55.4 Å². The Kier molecular flexibility index (Phi) is 10.1. The fourth-order valence-electron chi connectivity index (χ4n) is 5.37. The molecule has 0 radical (unpaired) electrons.